The molecule has 3 rings (SSSR count). The first-order chi connectivity index (χ1) is 11.8. The first-order valence-corrected chi connectivity index (χ1v) is 8.35. The maximum Gasteiger partial charge on any atom is 0.315 e. The molecule has 1 atom stereocenters. The molecule has 2 amide bonds. The molecule has 1 saturated heterocycles. The van der Waals surface area contributed by atoms with Crippen LogP contribution in [0.2, 0.25) is 0 Å². The van der Waals surface area contributed by atoms with Gasteiger partial charge < -0.3 is 10.6 Å². The number of urea groups is 1. The summed E-state index contributed by atoms with van der Waals surface area (Å²) >= 11 is 0. The Hall–Kier alpha value is -2.47. The number of hydrogen-bond donors (Lipinski definition) is 2. The van der Waals surface area contributed by atoms with Crippen molar-refractivity contribution in [1.82, 2.24) is 25.5 Å². The lowest BCUT2D eigenvalue weighted by Crippen LogP contribution is -2.50. The van der Waals surface area contributed by atoms with Crippen molar-refractivity contribution in [2.24, 2.45) is 0 Å². The quantitative estimate of drug-likeness (QED) is 0.881. The second-order valence-electron chi connectivity index (χ2n) is 6.08. The highest BCUT2D eigenvalue weighted by molar-refractivity contribution is 5.74. The summed E-state index contributed by atoms with van der Waals surface area (Å²) in [5.41, 5.74) is 2.06. The molecule has 1 aliphatic heterocycles. The van der Waals surface area contributed by atoms with Gasteiger partial charge in [0.05, 0.1) is 18.4 Å². The third-order valence-electron chi connectivity index (χ3n) is 4.14. The molecule has 1 aliphatic rings. The molecule has 0 saturated carbocycles. The first-order valence-electron chi connectivity index (χ1n) is 8.35. The zero-order valence-electron chi connectivity index (χ0n) is 13.7. The molecular formula is C18H23N5O. The highest BCUT2D eigenvalue weighted by atomic mass is 16.2. The lowest BCUT2D eigenvalue weighted by Gasteiger charge is -2.33. The Bertz CT molecular complexity index is 634. The summed E-state index contributed by atoms with van der Waals surface area (Å²) in [6.45, 7) is 3.28. The summed E-state index contributed by atoms with van der Waals surface area (Å²) in [6, 6.07) is 10.5. The zero-order valence-corrected chi connectivity index (χ0v) is 13.7. The lowest BCUT2D eigenvalue weighted by molar-refractivity contribution is 0.180. The van der Waals surface area contributed by atoms with Gasteiger partial charge in [0, 0.05) is 31.5 Å². The number of nitrogens with one attached hydrogen (secondary N) is 2. The van der Waals surface area contributed by atoms with E-state index in [1.165, 1.54) is 5.56 Å². The van der Waals surface area contributed by atoms with Gasteiger partial charge in [0.2, 0.25) is 0 Å². The van der Waals surface area contributed by atoms with E-state index in [9.17, 15) is 4.79 Å². The predicted molar refractivity (Wildman–Crippen MR) is 92.1 cm³/mol. The largest absolute Gasteiger partial charge is 0.334 e. The molecule has 1 aromatic heterocycles. The Kier molecular flexibility index (Phi) is 5.74. The number of carbonyl (C=O) groups excluding carboxylic acids is 1. The van der Waals surface area contributed by atoms with E-state index in [2.05, 4.69) is 49.8 Å². The Balaban J connectivity index is 1.44. The van der Waals surface area contributed by atoms with Gasteiger partial charge in [-0.05, 0) is 24.9 Å². The molecule has 2 N–H and O–H groups in total. The van der Waals surface area contributed by atoms with Crippen LogP contribution in [0.3, 0.4) is 0 Å². The monoisotopic (exact) mass is 325 g/mol. The molecule has 1 unspecified atom stereocenters. The SMILES string of the molecule is O=C(NCc1cnccn1)NC1CCCN(Cc2ccccc2)C1. The van der Waals surface area contributed by atoms with Crippen LogP contribution >= 0.6 is 0 Å². The molecule has 126 valence electrons. The number of nitrogens with zero attached hydrogens (tertiary/aromatic N) is 3. The van der Waals surface area contributed by atoms with E-state index in [-0.39, 0.29) is 12.1 Å². The molecule has 2 aromatic rings. The zero-order chi connectivity index (χ0) is 16.6. The summed E-state index contributed by atoms with van der Waals surface area (Å²) in [5, 5.41) is 5.90. The maximum atomic E-state index is 12.1. The van der Waals surface area contributed by atoms with Crippen molar-refractivity contribution in [3.05, 3.63) is 60.2 Å². The molecule has 6 heteroatoms. The average molecular weight is 325 g/mol. The van der Waals surface area contributed by atoms with E-state index in [0.717, 1.165) is 38.2 Å². The van der Waals surface area contributed by atoms with E-state index in [0.29, 0.717) is 6.54 Å². The normalized spacial score (nSPS) is 18.1. The second-order valence-corrected chi connectivity index (χ2v) is 6.08. The van der Waals surface area contributed by atoms with Crippen LogP contribution < -0.4 is 10.6 Å². The molecule has 1 aromatic carbocycles. The third kappa shape index (κ3) is 5.03. The van der Waals surface area contributed by atoms with Gasteiger partial charge in [0.25, 0.3) is 0 Å². The highest BCUT2D eigenvalue weighted by Gasteiger charge is 2.21. The molecule has 0 radical (unpaired) electrons. The van der Waals surface area contributed by atoms with E-state index in [4.69, 9.17) is 0 Å². The Morgan fingerprint density at radius 3 is 2.92 bits per heavy atom. The van der Waals surface area contributed by atoms with Crippen molar-refractivity contribution in [3.63, 3.8) is 0 Å². The molecular weight excluding hydrogens is 302 g/mol. The lowest BCUT2D eigenvalue weighted by atomic mass is 10.0. The topological polar surface area (TPSA) is 70.1 Å². The Morgan fingerprint density at radius 1 is 1.25 bits per heavy atom. The molecule has 0 spiro atoms. The minimum absolute atomic E-state index is 0.146. The fraction of sp³-hybridized carbons (Fsp3) is 0.389. The van der Waals surface area contributed by atoms with Crippen molar-refractivity contribution in [2.75, 3.05) is 13.1 Å². The fourth-order valence-electron chi connectivity index (χ4n) is 2.99. The van der Waals surface area contributed by atoms with Crippen LogP contribution in [0.15, 0.2) is 48.9 Å². The second kappa shape index (κ2) is 8.40. The Labute approximate surface area is 142 Å². The molecule has 6 nitrogen and oxygen atoms in total. The van der Waals surface area contributed by atoms with Crippen LogP contribution in [0.25, 0.3) is 0 Å². The van der Waals surface area contributed by atoms with Crippen LogP contribution in [-0.2, 0) is 13.1 Å². The number of piperidine rings is 1. The number of hydrogen-bond acceptors (Lipinski definition) is 4. The minimum atomic E-state index is -0.146. The van der Waals surface area contributed by atoms with Crippen molar-refractivity contribution in [3.8, 4) is 0 Å². The summed E-state index contributed by atoms with van der Waals surface area (Å²) in [7, 11) is 0. The van der Waals surface area contributed by atoms with E-state index >= 15 is 0 Å². The fourth-order valence-corrected chi connectivity index (χ4v) is 2.99. The molecule has 1 fully saturated rings. The summed E-state index contributed by atoms with van der Waals surface area (Å²) in [6.07, 6.45) is 7.01. The van der Waals surface area contributed by atoms with Crippen LogP contribution in [0, 0.1) is 0 Å². The number of amides is 2. The van der Waals surface area contributed by atoms with Crippen molar-refractivity contribution < 1.29 is 4.79 Å². The number of rotatable bonds is 5. The smallest absolute Gasteiger partial charge is 0.315 e. The van der Waals surface area contributed by atoms with Gasteiger partial charge in [0.1, 0.15) is 0 Å². The van der Waals surface area contributed by atoms with Gasteiger partial charge in [-0.2, -0.15) is 0 Å². The van der Waals surface area contributed by atoms with Gasteiger partial charge in [0.15, 0.2) is 0 Å². The van der Waals surface area contributed by atoms with Crippen LogP contribution in [-0.4, -0.2) is 40.0 Å². The van der Waals surface area contributed by atoms with Gasteiger partial charge in [-0.15, -0.1) is 0 Å². The van der Waals surface area contributed by atoms with Crippen LogP contribution in [0.5, 0.6) is 0 Å². The van der Waals surface area contributed by atoms with Gasteiger partial charge in [-0.1, -0.05) is 30.3 Å². The van der Waals surface area contributed by atoms with Gasteiger partial charge in [-0.3, -0.25) is 14.9 Å². The standard InChI is InChI=1S/C18H23N5O/c24-18(21-12-17-11-19-8-9-20-17)22-16-7-4-10-23(14-16)13-15-5-2-1-3-6-15/h1-3,5-6,8-9,11,16H,4,7,10,12-14H2,(H2,21,22,24). The molecule has 0 aliphatic carbocycles. The van der Waals surface area contributed by atoms with E-state index in [1.54, 1.807) is 18.6 Å². The average Bonchev–Trinajstić information content (AvgIpc) is 2.62. The summed E-state index contributed by atoms with van der Waals surface area (Å²) in [5.74, 6) is 0. The Morgan fingerprint density at radius 2 is 2.12 bits per heavy atom. The van der Waals surface area contributed by atoms with Crippen molar-refractivity contribution in [2.45, 2.75) is 32.0 Å². The summed E-state index contributed by atoms with van der Waals surface area (Å²) < 4.78 is 0. The number of carbonyl (C=O) groups is 1. The molecule has 24 heavy (non-hydrogen) atoms. The van der Waals surface area contributed by atoms with Gasteiger partial charge >= 0.3 is 6.03 Å². The molecule has 2 heterocycles. The number of likely N-dealkylation sites (tertiary alicyclic amines) is 1. The van der Waals surface area contributed by atoms with Crippen molar-refractivity contribution in [1.29, 1.82) is 0 Å². The summed E-state index contributed by atoms with van der Waals surface area (Å²) in [4.78, 5) is 22.6. The highest BCUT2D eigenvalue weighted by Crippen LogP contribution is 2.13. The van der Waals surface area contributed by atoms with Crippen LogP contribution in [0.1, 0.15) is 24.1 Å². The van der Waals surface area contributed by atoms with E-state index in [1.807, 2.05) is 6.07 Å². The third-order valence-corrected chi connectivity index (χ3v) is 4.14. The maximum absolute atomic E-state index is 12.1. The van der Waals surface area contributed by atoms with Crippen molar-refractivity contribution >= 4 is 6.03 Å². The number of benzene rings is 1. The minimum Gasteiger partial charge on any atom is -0.334 e. The van der Waals surface area contributed by atoms with Crippen LogP contribution in [0.4, 0.5) is 4.79 Å². The number of aromatic nitrogens is 2. The predicted octanol–water partition coefficient (Wildman–Crippen LogP) is 1.94. The van der Waals surface area contributed by atoms with Gasteiger partial charge in [-0.25, -0.2) is 4.79 Å². The molecule has 0 bridgehead atoms. The first kappa shape index (κ1) is 16.4. The van der Waals surface area contributed by atoms with E-state index < -0.39 is 0 Å².